The molecule has 0 fully saturated rings. The van der Waals surface area contributed by atoms with E-state index in [0.29, 0.717) is 0 Å². The fraction of sp³-hybridized carbons (Fsp3) is 0.571. The number of benzene rings is 2. The zero-order valence-electron chi connectivity index (χ0n) is 22.5. The van der Waals surface area contributed by atoms with E-state index in [9.17, 15) is 0 Å². The molecule has 2 aromatic rings. The van der Waals surface area contributed by atoms with Crippen molar-refractivity contribution in [3.05, 3.63) is 60.7 Å². The summed E-state index contributed by atoms with van der Waals surface area (Å²) in [6, 6.07) is 23.0. The van der Waals surface area contributed by atoms with Gasteiger partial charge in [-0.05, 0) is 77.9 Å². The predicted octanol–water partition coefficient (Wildman–Crippen LogP) is 6.17. The van der Waals surface area contributed by atoms with Crippen LogP contribution in [0.3, 0.4) is 0 Å². The van der Waals surface area contributed by atoms with Gasteiger partial charge in [0.2, 0.25) is 0 Å². The summed E-state index contributed by atoms with van der Waals surface area (Å²) >= 11 is 0. The van der Waals surface area contributed by atoms with Gasteiger partial charge in [-0.25, -0.2) is 0 Å². The maximum atomic E-state index is 6.65. The van der Waals surface area contributed by atoms with Gasteiger partial charge in [0.15, 0.2) is 0 Å². The Morgan fingerprint density at radius 1 is 0.471 bits per heavy atom. The fourth-order valence-electron chi connectivity index (χ4n) is 4.47. The summed E-state index contributed by atoms with van der Waals surface area (Å²) in [6.07, 6.45) is 2.44. The fourth-order valence-corrected chi connectivity index (χ4v) is 12.1. The van der Waals surface area contributed by atoms with Crippen LogP contribution in [-0.2, 0) is 17.7 Å². The van der Waals surface area contributed by atoms with Crippen LogP contribution in [0.2, 0.25) is 12.1 Å². The highest BCUT2D eigenvalue weighted by molar-refractivity contribution is 6.82. The summed E-state index contributed by atoms with van der Waals surface area (Å²) in [5, 5.41) is 2.42. The largest absolute Gasteiger partial charge is 0.388 e. The minimum absolute atomic E-state index is 0.108. The zero-order valence-corrected chi connectivity index (χ0v) is 24.5. The molecule has 0 atom stereocenters. The highest BCUT2D eigenvalue weighted by Gasteiger charge is 2.44. The second kappa shape index (κ2) is 13.7. The van der Waals surface area contributed by atoms with Gasteiger partial charge in [0.05, 0.1) is 0 Å². The molecule has 0 radical (unpaired) electrons. The Morgan fingerprint density at radius 3 is 0.971 bits per heavy atom. The average Bonchev–Trinajstić information content (AvgIpc) is 2.76. The molecular formula is C28H46O4Si2. The van der Waals surface area contributed by atoms with E-state index in [2.05, 4.69) is 116 Å². The van der Waals surface area contributed by atoms with Gasteiger partial charge in [-0.15, -0.1) is 0 Å². The molecule has 0 spiro atoms. The smallest absolute Gasteiger partial charge is 0.372 e. The molecule has 2 rings (SSSR count). The minimum atomic E-state index is -2.60. The zero-order chi connectivity index (χ0) is 25.2. The van der Waals surface area contributed by atoms with Crippen LogP contribution in [0.4, 0.5) is 0 Å². The third-order valence-corrected chi connectivity index (χ3v) is 13.3. The Morgan fingerprint density at radius 2 is 0.735 bits per heavy atom. The summed E-state index contributed by atoms with van der Waals surface area (Å²) in [6.45, 7) is 16.8. The minimum Gasteiger partial charge on any atom is -0.388 e. The van der Waals surface area contributed by atoms with Crippen molar-refractivity contribution in [1.82, 2.24) is 0 Å². The molecule has 0 aromatic heterocycles. The van der Waals surface area contributed by atoms with Gasteiger partial charge >= 0.3 is 17.1 Å². The van der Waals surface area contributed by atoms with Crippen molar-refractivity contribution >= 4 is 27.5 Å². The Labute approximate surface area is 210 Å². The molecule has 0 aliphatic rings. The number of unbranched alkanes of at least 4 members (excludes halogenated alkanes) is 1. The first-order chi connectivity index (χ1) is 16.1. The highest BCUT2D eigenvalue weighted by atomic mass is 28.4. The van der Waals surface area contributed by atoms with Crippen LogP contribution in [-0.4, -0.2) is 41.5 Å². The van der Waals surface area contributed by atoms with Crippen LogP contribution >= 0.6 is 0 Å². The van der Waals surface area contributed by atoms with Crippen molar-refractivity contribution in [3.8, 4) is 0 Å². The van der Waals surface area contributed by atoms with Gasteiger partial charge in [-0.1, -0.05) is 73.5 Å². The molecule has 190 valence electrons. The Balaban J connectivity index is 2.27. The third-order valence-electron chi connectivity index (χ3n) is 5.39. The van der Waals surface area contributed by atoms with Crippen molar-refractivity contribution in [2.75, 3.05) is 0 Å². The standard InChI is InChI=1S/C28H46O4Si2/c1-23(2)29-33(30-24(3)4,27-17-11-9-12-18-27)21-15-16-22-34(31-25(5)6,32-26(7)8)28-19-13-10-14-20-28/h9-14,17-20,23-26H,15-16,21-22H2,1-8H3. The average molecular weight is 503 g/mol. The van der Waals surface area contributed by atoms with Crippen molar-refractivity contribution in [2.45, 2.75) is 105 Å². The summed E-state index contributed by atoms with van der Waals surface area (Å²) in [5.41, 5.74) is 0. The maximum Gasteiger partial charge on any atom is 0.372 e. The van der Waals surface area contributed by atoms with E-state index in [1.165, 1.54) is 10.4 Å². The Bertz CT molecular complexity index is 720. The first-order valence-electron chi connectivity index (χ1n) is 12.9. The molecule has 0 aliphatic heterocycles. The lowest BCUT2D eigenvalue weighted by Gasteiger charge is -2.36. The summed E-state index contributed by atoms with van der Waals surface area (Å²) in [7, 11) is -5.21. The van der Waals surface area contributed by atoms with Crippen LogP contribution < -0.4 is 10.4 Å². The van der Waals surface area contributed by atoms with Crippen LogP contribution in [0, 0.1) is 0 Å². The van der Waals surface area contributed by atoms with Gasteiger partial charge < -0.3 is 17.7 Å². The molecule has 0 N–H and O–H groups in total. The molecule has 0 saturated heterocycles. The number of hydrogen-bond donors (Lipinski definition) is 0. The second-order valence-electron chi connectivity index (χ2n) is 10.1. The highest BCUT2D eigenvalue weighted by Crippen LogP contribution is 2.26. The summed E-state index contributed by atoms with van der Waals surface area (Å²) in [5.74, 6) is 0. The third kappa shape index (κ3) is 8.74. The van der Waals surface area contributed by atoms with Crippen LogP contribution in [0.1, 0.15) is 68.2 Å². The van der Waals surface area contributed by atoms with Crippen molar-refractivity contribution in [2.24, 2.45) is 0 Å². The Hall–Kier alpha value is -1.29. The van der Waals surface area contributed by atoms with Gasteiger partial charge in [0, 0.05) is 24.4 Å². The van der Waals surface area contributed by atoms with Crippen LogP contribution in [0.15, 0.2) is 60.7 Å². The van der Waals surface area contributed by atoms with E-state index >= 15 is 0 Å². The molecule has 0 amide bonds. The first-order valence-corrected chi connectivity index (χ1v) is 17.0. The van der Waals surface area contributed by atoms with E-state index in [4.69, 9.17) is 17.7 Å². The molecule has 0 bridgehead atoms. The maximum absolute atomic E-state index is 6.65. The molecule has 4 nitrogen and oxygen atoms in total. The normalized spacial score (nSPS) is 12.9. The summed E-state index contributed by atoms with van der Waals surface area (Å²) in [4.78, 5) is 0. The van der Waals surface area contributed by atoms with Gasteiger partial charge in [-0.3, -0.25) is 0 Å². The molecule has 0 aliphatic carbocycles. The van der Waals surface area contributed by atoms with Crippen molar-refractivity contribution in [1.29, 1.82) is 0 Å². The lowest BCUT2D eigenvalue weighted by molar-refractivity contribution is 0.111. The topological polar surface area (TPSA) is 36.9 Å². The molecular weight excluding hydrogens is 456 g/mol. The molecule has 0 saturated carbocycles. The monoisotopic (exact) mass is 502 g/mol. The van der Waals surface area contributed by atoms with Crippen molar-refractivity contribution < 1.29 is 17.7 Å². The lowest BCUT2D eigenvalue weighted by Crippen LogP contribution is -2.57. The summed E-state index contributed by atoms with van der Waals surface area (Å²) < 4.78 is 26.6. The molecule has 34 heavy (non-hydrogen) atoms. The van der Waals surface area contributed by atoms with E-state index in [-0.39, 0.29) is 24.4 Å². The van der Waals surface area contributed by atoms with Crippen LogP contribution in [0.25, 0.3) is 0 Å². The van der Waals surface area contributed by atoms with E-state index < -0.39 is 17.1 Å². The molecule has 6 heteroatoms. The van der Waals surface area contributed by atoms with E-state index in [1.807, 2.05) is 0 Å². The quantitative estimate of drug-likeness (QED) is 0.216. The van der Waals surface area contributed by atoms with Gasteiger partial charge in [0.25, 0.3) is 0 Å². The van der Waals surface area contributed by atoms with E-state index in [0.717, 1.165) is 24.9 Å². The molecule has 0 unspecified atom stereocenters. The number of rotatable bonds is 15. The number of hydrogen-bond acceptors (Lipinski definition) is 4. The van der Waals surface area contributed by atoms with E-state index in [1.54, 1.807) is 0 Å². The van der Waals surface area contributed by atoms with Crippen LogP contribution in [0.5, 0.6) is 0 Å². The second-order valence-corrected chi connectivity index (χ2v) is 16.2. The molecule has 0 heterocycles. The van der Waals surface area contributed by atoms with Gasteiger partial charge in [-0.2, -0.15) is 0 Å². The van der Waals surface area contributed by atoms with Gasteiger partial charge in [0.1, 0.15) is 0 Å². The molecule has 2 aromatic carbocycles. The predicted molar refractivity (Wildman–Crippen MR) is 147 cm³/mol. The lowest BCUT2D eigenvalue weighted by atomic mass is 10.4. The Kier molecular flexibility index (Phi) is 11.7. The first kappa shape index (κ1) is 28.9. The van der Waals surface area contributed by atoms with Crippen molar-refractivity contribution in [3.63, 3.8) is 0 Å². The SMILES string of the molecule is CC(C)O[Si](CCCC[Si](OC(C)C)(OC(C)C)c1ccccc1)(OC(C)C)c1ccccc1.